The van der Waals surface area contributed by atoms with E-state index in [1.807, 2.05) is 0 Å². The van der Waals surface area contributed by atoms with Gasteiger partial charge in [-0.05, 0) is 13.3 Å². The van der Waals surface area contributed by atoms with Gasteiger partial charge in [0.15, 0.2) is 0 Å². The standard InChI is InChI=1S/C6H11NO4.H2O/c1-6(7,5(10)11)3-2-4(8)9;/h2-3,7H2,1H3,(H,8,9)(H,10,11);1H2/t6-;/m0./s1. The monoisotopic (exact) mass is 179 g/mol. The maximum Gasteiger partial charge on any atom is 0.323 e. The molecule has 0 unspecified atom stereocenters. The fraction of sp³-hybridized carbons (Fsp3) is 0.667. The van der Waals surface area contributed by atoms with Crippen LogP contribution in [0.4, 0.5) is 0 Å². The first-order valence-corrected chi connectivity index (χ1v) is 3.10. The van der Waals surface area contributed by atoms with Crippen molar-refractivity contribution in [2.45, 2.75) is 25.3 Å². The third kappa shape index (κ3) is 4.64. The first-order valence-electron chi connectivity index (χ1n) is 3.10. The Labute approximate surface area is 69.3 Å². The van der Waals surface area contributed by atoms with Crippen LogP contribution in [0.2, 0.25) is 0 Å². The lowest BCUT2D eigenvalue weighted by molar-refractivity contribution is -0.143. The summed E-state index contributed by atoms with van der Waals surface area (Å²) in [6.07, 6.45) is -0.281. The van der Waals surface area contributed by atoms with Crippen molar-refractivity contribution in [1.82, 2.24) is 0 Å². The highest BCUT2D eigenvalue weighted by molar-refractivity contribution is 5.78. The minimum Gasteiger partial charge on any atom is -0.481 e. The van der Waals surface area contributed by atoms with E-state index in [-0.39, 0.29) is 18.3 Å². The van der Waals surface area contributed by atoms with E-state index in [0.29, 0.717) is 0 Å². The second-order valence-corrected chi connectivity index (χ2v) is 2.62. The molecule has 0 heterocycles. The zero-order valence-electron chi connectivity index (χ0n) is 6.70. The van der Waals surface area contributed by atoms with E-state index in [4.69, 9.17) is 15.9 Å². The van der Waals surface area contributed by atoms with Crippen molar-refractivity contribution in [3.8, 4) is 0 Å². The lowest BCUT2D eigenvalue weighted by atomic mass is 9.98. The van der Waals surface area contributed by atoms with Gasteiger partial charge in [0, 0.05) is 6.42 Å². The maximum absolute atomic E-state index is 10.3. The maximum atomic E-state index is 10.3. The van der Waals surface area contributed by atoms with Crippen molar-refractivity contribution in [2.75, 3.05) is 0 Å². The van der Waals surface area contributed by atoms with Crippen molar-refractivity contribution < 1.29 is 25.3 Å². The highest BCUT2D eigenvalue weighted by Crippen LogP contribution is 2.08. The summed E-state index contributed by atoms with van der Waals surface area (Å²) in [5.74, 6) is -2.22. The second-order valence-electron chi connectivity index (χ2n) is 2.62. The molecule has 0 rings (SSSR count). The summed E-state index contributed by atoms with van der Waals surface area (Å²) < 4.78 is 0. The van der Waals surface area contributed by atoms with Crippen LogP contribution in [0.25, 0.3) is 0 Å². The lowest BCUT2D eigenvalue weighted by Gasteiger charge is -2.16. The van der Waals surface area contributed by atoms with Gasteiger partial charge in [0.25, 0.3) is 0 Å². The molecule has 0 aromatic rings. The third-order valence-corrected chi connectivity index (χ3v) is 1.35. The quantitative estimate of drug-likeness (QED) is 0.500. The molecule has 0 spiro atoms. The van der Waals surface area contributed by atoms with Crippen molar-refractivity contribution in [3.05, 3.63) is 0 Å². The van der Waals surface area contributed by atoms with E-state index in [0.717, 1.165) is 0 Å². The van der Waals surface area contributed by atoms with Gasteiger partial charge in [0.1, 0.15) is 5.54 Å². The summed E-state index contributed by atoms with van der Waals surface area (Å²) in [6, 6.07) is 0. The van der Waals surface area contributed by atoms with Crippen molar-refractivity contribution in [1.29, 1.82) is 0 Å². The Hall–Kier alpha value is -1.14. The van der Waals surface area contributed by atoms with Crippen molar-refractivity contribution in [3.63, 3.8) is 0 Å². The molecule has 0 saturated carbocycles. The van der Waals surface area contributed by atoms with Gasteiger partial charge < -0.3 is 21.4 Å². The SMILES string of the molecule is C[C@](N)(CCC(=O)O)C(=O)O.O. The predicted octanol–water partition coefficient (Wildman–Crippen LogP) is -1.17. The van der Waals surface area contributed by atoms with Gasteiger partial charge in [-0.1, -0.05) is 0 Å². The molecule has 6 heteroatoms. The molecule has 0 saturated heterocycles. The smallest absolute Gasteiger partial charge is 0.323 e. The third-order valence-electron chi connectivity index (χ3n) is 1.35. The van der Waals surface area contributed by atoms with Crippen LogP contribution in [-0.2, 0) is 9.59 Å². The Kier molecular flexibility index (Phi) is 5.25. The summed E-state index contributed by atoms with van der Waals surface area (Å²) >= 11 is 0. The normalized spacial score (nSPS) is 14.2. The first-order chi connectivity index (χ1) is 4.86. The van der Waals surface area contributed by atoms with Gasteiger partial charge in [-0.3, -0.25) is 9.59 Å². The van der Waals surface area contributed by atoms with E-state index in [2.05, 4.69) is 0 Å². The molecule has 12 heavy (non-hydrogen) atoms. The Balaban J connectivity index is 0. The van der Waals surface area contributed by atoms with E-state index < -0.39 is 17.5 Å². The average molecular weight is 179 g/mol. The summed E-state index contributed by atoms with van der Waals surface area (Å²) in [4.78, 5) is 20.3. The molecule has 0 aromatic carbocycles. The summed E-state index contributed by atoms with van der Waals surface area (Å²) in [6.45, 7) is 1.29. The number of aliphatic carboxylic acids is 2. The Bertz CT molecular complexity index is 177. The van der Waals surface area contributed by atoms with E-state index in [1.165, 1.54) is 6.92 Å². The van der Waals surface area contributed by atoms with Crippen LogP contribution < -0.4 is 5.73 Å². The molecule has 0 aliphatic heterocycles. The summed E-state index contributed by atoms with van der Waals surface area (Å²) in [7, 11) is 0. The number of carboxylic acid groups (broad SMARTS) is 2. The van der Waals surface area contributed by atoms with Gasteiger partial charge in [0.05, 0.1) is 0 Å². The highest BCUT2D eigenvalue weighted by atomic mass is 16.4. The predicted molar refractivity (Wildman–Crippen MR) is 40.7 cm³/mol. The zero-order chi connectivity index (χ0) is 9.07. The number of carboxylic acids is 2. The number of hydrogen-bond acceptors (Lipinski definition) is 3. The molecule has 6 N–H and O–H groups in total. The van der Waals surface area contributed by atoms with Crippen LogP contribution >= 0.6 is 0 Å². The molecule has 1 atom stereocenters. The Morgan fingerprint density at radius 3 is 2.08 bits per heavy atom. The average Bonchev–Trinajstić information content (AvgIpc) is 1.84. The molecular formula is C6H13NO5. The molecule has 0 aromatic heterocycles. The van der Waals surface area contributed by atoms with E-state index in [9.17, 15) is 9.59 Å². The number of rotatable bonds is 4. The van der Waals surface area contributed by atoms with Crippen LogP contribution in [0.1, 0.15) is 19.8 Å². The fourth-order valence-corrected chi connectivity index (χ4v) is 0.474. The summed E-state index contributed by atoms with van der Waals surface area (Å²) in [5.41, 5.74) is 3.81. The number of hydrogen-bond donors (Lipinski definition) is 3. The van der Waals surface area contributed by atoms with Crippen LogP contribution in [0.15, 0.2) is 0 Å². The van der Waals surface area contributed by atoms with Crippen LogP contribution in [0.5, 0.6) is 0 Å². The zero-order valence-corrected chi connectivity index (χ0v) is 6.70. The molecule has 0 aliphatic rings. The molecule has 0 bridgehead atoms. The first kappa shape index (κ1) is 13.4. The van der Waals surface area contributed by atoms with E-state index in [1.54, 1.807) is 0 Å². The van der Waals surface area contributed by atoms with Crippen LogP contribution in [0, 0.1) is 0 Å². The van der Waals surface area contributed by atoms with Gasteiger partial charge >= 0.3 is 11.9 Å². The minimum atomic E-state index is -1.43. The van der Waals surface area contributed by atoms with Crippen LogP contribution in [0.3, 0.4) is 0 Å². The summed E-state index contributed by atoms with van der Waals surface area (Å²) in [5, 5.41) is 16.6. The van der Waals surface area contributed by atoms with E-state index >= 15 is 0 Å². The molecule has 0 fully saturated rings. The molecule has 6 nitrogen and oxygen atoms in total. The lowest BCUT2D eigenvalue weighted by Crippen LogP contribution is -2.45. The molecule has 0 aliphatic carbocycles. The largest absolute Gasteiger partial charge is 0.481 e. The van der Waals surface area contributed by atoms with Gasteiger partial charge in [0.2, 0.25) is 0 Å². The van der Waals surface area contributed by atoms with Crippen LogP contribution in [-0.4, -0.2) is 33.2 Å². The fourth-order valence-electron chi connectivity index (χ4n) is 0.474. The topological polar surface area (TPSA) is 132 Å². The van der Waals surface area contributed by atoms with Crippen molar-refractivity contribution in [2.24, 2.45) is 5.73 Å². The minimum absolute atomic E-state index is 0. The van der Waals surface area contributed by atoms with Gasteiger partial charge in [-0.15, -0.1) is 0 Å². The number of nitrogens with two attached hydrogens (primary N) is 1. The molecule has 72 valence electrons. The molecule has 0 amide bonds. The van der Waals surface area contributed by atoms with Gasteiger partial charge in [-0.25, -0.2) is 0 Å². The second kappa shape index (κ2) is 4.68. The molecule has 0 radical (unpaired) electrons. The number of carbonyl (C=O) groups is 2. The Morgan fingerprint density at radius 1 is 1.42 bits per heavy atom. The Morgan fingerprint density at radius 2 is 1.83 bits per heavy atom. The van der Waals surface area contributed by atoms with Gasteiger partial charge in [-0.2, -0.15) is 0 Å². The van der Waals surface area contributed by atoms with Crippen molar-refractivity contribution >= 4 is 11.9 Å². The molecular weight excluding hydrogens is 166 g/mol. The highest BCUT2D eigenvalue weighted by Gasteiger charge is 2.27.